The average Bonchev–Trinajstić information content (AvgIpc) is 3.07. The molecule has 0 spiro atoms. The van der Waals surface area contributed by atoms with E-state index in [0.29, 0.717) is 43.2 Å². The van der Waals surface area contributed by atoms with Crippen molar-refractivity contribution >= 4 is 22.9 Å². The van der Waals surface area contributed by atoms with E-state index in [9.17, 15) is 14.4 Å². The quantitative estimate of drug-likeness (QED) is 0.760. The minimum Gasteiger partial charge on any atom is -0.408 e. The Morgan fingerprint density at radius 1 is 0.903 bits per heavy atom. The van der Waals surface area contributed by atoms with E-state index in [1.165, 1.54) is 23.8 Å². The molecule has 1 aliphatic heterocycles. The van der Waals surface area contributed by atoms with E-state index in [1.54, 1.807) is 23.1 Å². The zero-order valence-corrected chi connectivity index (χ0v) is 17.8. The Morgan fingerprint density at radius 3 is 2.13 bits per heavy atom. The molecule has 0 atom stereocenters. The van der Waals surface area contributed by atoms with Gasteiger partial charge in [0.2, 0.25) is 11.8 Å². The highest BCUT2D eigenvalue weighted by molar-refractivity contribution is 5.84. The number of carbonyl (C=O) groups is 2. The van der Waals surface area contributed by atoms with E-state index in [4.69, 9.17) is 4.42 Å². The highest BCUT2D eigenvalue weighted by Crippen LogP contribution is 2.60. The summed E-state index contributed by atoms with van der Waals surface area (Å²) in [5.41, 5.74) is 1.01. The second-order valence-corrected chi connectivity index (χ2v) is 10.3. The molecule has 2 aromatic rings. The summed E-state index contributed by atoms with van der Waals surface area (Å²) in [7, 11) is 0. The molecular weight excluding hydrogens is 394 g/mol. The number of piperazine rings is 1. The van der Waals surface area contributed by atoms with Gasteiger partial charge in [-0.1, -0.05) is 12.1 Å². The second kappa shape index (κ2) is 6.97. The molecule has 4 aliphatic carbocycles. The van der Waals surface area contributed by atoms with Gasteiger partial charge in [-0.25, -0.2) is 4.79 Å². The van der Waals surface area contributed by atoms with E-state index in [0.717, 1.165) is 37.0 Å². The van der Waals surface area contributed by atoms with Gasteiger partial charge in [-0.05, 0) is 68.4 Å². The Bertz CT molecular complexity index is 1060. The molecule has 5 fully saturated rings. The number of aromatic nitrogens is 1. The van der Waals surface area contributed by atoms with Gasteiger partial charge in [-0.3, -0.25) is 14.2 Å². The maximum Gasteiger partial charge on any atom is 0.420 e. The first-order valence-corrected chi connectivity index (χ1v) is 11.7. The summed E-state index contributed by atoms with van der Waals surface area (Å²) in [6, 6.07) is 7.15. The van der Waals surface area contributed by atoms with Crippen molar-refractivity contribution in [3.8, 4) is 0 Å². The van der Waals surface area contributed by atoms with E-state index >= 15 is 0 Å². The van der Waals surface area contributed by atoms with Gasteiger partial charge in [0.05, 0.1) is 10.9 Å². The van der Waals surface area contributed by atoms with E-state index in [1.807, 2.05) is 11.0 Å². The summed E-state index contributed by atoms with van der Waals surface area (Å²) in [6.45, 7) is 2.21. The number of rotatable bonds is 3. The molecule has 0 radical (unpaired) electrons. The van der Waals surface area contributed by atoms with Crippen LogP contribution in [0.15, 0.2) is 33.5 Å². The van der Waals surface area contributed by atoms with Gasteiger partial charge in [0.15, 0.2) is 5.58 Å². The van der Waals surface area contributed by atoms with Crippen molar-refractivity contribution in [2.24, 2.45) is 23.2 Å². The number of hydrogen-bond donors (Lipinski definition) is 0. The third kappa shape index (κ3) is 3.12. The van der Waals surface area contributed by atoms with Crippen molar-refractivity contribution in [3.63, 3.8) is 0 Å². The minimum absolute atomic E-state index is 0.0290. The predicted molar refractivity (Wildman–Crippen MR) is 114 cm³/mol. The number of para-hydroxylation sites is 2. The van der Waals surface area contributed by atoms with Crippen molar-refractivity contribution in [2.45, 2.75) is 45.1 Å². The minimum atomic E-state index is -0.509. The molecule has 31 heavy (non-hydrogen) atoms. The van der Waals surface area contributed by atoms with Crippen molar-refractivity contribution in [1.29, 1.82) is 0 Å². The first kappa shape index (κ1) is 19.1. The number of benzene rings is 1. The number of nitrogens with zero attached hydrogens (tertiary/aromatic N) is 3. The lowest BCUT2D eigenvalue weighted by Gasteiger charge is -2.57. The van der Waals surface area contributed by atoms with Crippen molar-refractivity contribution in [3.05, 3.63) is 34.8 Å². The molecule has 7 rings (SSSR count). The van der Waals surface area contributed by atoms with Gasteiger partial charge in [0.25, 0.3) is 0 Å². The first-order chi connectivity index (χ1) is 15.0. The summed E-state index contributed by atoms with van der Waals surface area (Å²) in [4.78, 5) is 42.4. The van der Waals surface area contributed by atoms with E-state index in [-0.39, 0.29) is 17.9 Å². The molecule has 5 aliphatic rings. The number of oxazole rings is 1. The Balaban J connectivity index is 1.11. The fourth-order valence-corrected chi connectivity index (χ4v) is 7.27. The van der Waals surface area contributed by atoms with E-state index < -0.39 is 5.76 Å². The molecule has 164 valence electrons. The summed E-state index contributed by atoms with van der Waals surface area (Å²) >= 11 is 0. The molecule has 1 aromatic carbocycles. The van der Waals surface area contributed by atoms with Crippen LogP contribution in [0.5, 0.6) is 0 Å². The summed E-state index contributed by atoms with van der Waals surface area (Å²) in [5.74, 6) is 1.99. The van der Waals surface area contributed by atoms with Crippen molar-refractivity contribution in [1.82, 2.24) is 14.4 Å². The fourth-order valence-electron chi connectivity index (χ4n) is 7.27. The zero-order chi connectivity index (χ0) is 21.2. The average molecular weight is 424 g/mol. The highest BCUT2D eigenvalue weighted by atomic mass is 16.4. The maximum atomic E-state index is 13.5. The van der Waals surface area contributed by atoms with Crippen LogP contribution in [0.2, 0.25) is 0 Å². The monoisotopic (exact) mass is 423 g/mol. The van der Waals surface area contributed by atoms with Crippen LogP contribution in [-0.4, -0.2) is 52.4 Å². The van der Waals surface area contributed by atoms with Crippen LogP contribution in [0.3, 0.4) is 0 Å². The zero-order valence-electron chi connectivity index (χ0n) is 17.8. The molecule has 2 heterocycles. The molecule has 1 aromatic heterocycles. The Hall–Kier alpha value is -2.57. The normalized spacial score (nSPS) is 32.1. The number of amides is 2. The Kier molecular flexibility index (Phi) is 4.30. The molecule has 7 nitrogen and oxygen atoms in total. The third-order valence-corrected chi connectivity index (χ3v) is 8.28. The lowest BCUT2D eigenvalue weighted by molar-refractivity contribution is -0.160. The third-order valence-electron chi connectivity index (χ3n) is 8.28. The molecule has 7 heteroatoms. The summed E-state index contributed by atoms with van der Waals surface area (Å²) in [5, 5.41) is 0. The highest BCUT2D eigenvalue weighted by Gasteiger charge is 2.55. The van der Waals surface area contributed by atoms with Crippen LogP contribution in [0, 0.1) is 23.2 Å². The number of hydrogen-bond acceptors (Lipinski definition) is 4. The molecule has 0 unspecified atom stereocenters. The van der Waals surface area contributed by atoms with Crippen LogP contribution in [0.1, 0.15) is 38.5 Å². The second-order valence-electron chi connectivity index (χ2n) is 10.3. The first-order valence-electron chi connectivity index (χ1n) is 11.7. The number of fused-ring (bicyclic) bond motifs is 1. The molecule has 4 bridgehead atoms. The van der Waals surface area contributed by atoms with Gasteiger partial charge in [0.1, 0.15) is 6.54 Å². The Morgan fingerprint density at radius 2 is 1.48 bits per heavy atom. The molecule has 2 amide bonds. The van der Waals surface area contributed by atoms with Gasteiger partial charge in [-0.2, -0.15) is 0 Å². The van der Waals surface area contributed by atoms with Gasteiger partial charge in [-0.15, -0.1) is 0 Å². The summed E-state index contributed by atoms with van der Waals surface area (Å²) in [6.07, 6.45) is 7.22. The lowest BCUT2D eigenvalue weighted by Crippen LogP contribution is -2.58. The topological polar surface area (TPSA) is 75.8 Å². The molecular formula is C24H29N3O4. The summed E-state index contributed by atoms with van der Waals surface area (Å²) < 4.78 is 6.63. The SMILES string of the molecule is O=C(Cn1c(=O)oc2ccccc21)N1CCN(C(=O)C23CC4CC(CC(C4)C2)C3)CC1. The van der Waals surface area contributed by atoms with E-state index in [2.05, 4.69) is 0 Å². The van der Waals surface area contributed by atoms with Crippen LogP contribution in [0.4, 0.5) is 0 Å². The van der Waals surface area contributed by atoms with Gasteiger partial charge < -0.3 is 14.2 Å². The van der Waals surface area contributed by atoms with Gasteiger partial charge in [0, 0.05) is 26.2 Å². The molecule has 1 saturated heterocycles. The van der Waals surface area contributed by atoms with Crippen molar-refractivity contribution in [2.75, 3.05) is 26.2 Å². The fraction of sp³-hybridized carbons (Fsp3) is 0.625. The largest absolute Gasteiger partial charge is 0.420 e. The van der Waals surface area contributed by atoms with Crippen LogP contribution >= 0.6 is 0 Å². The predicted octanol–water partition coefficient (Wildman–Crippen LogP) is 2.48. The van der Waals surface area contributed by atoms with Crippen LogP contribution in [-0.2, 0) is 16.1 Å². The molecule has 4 saturated carbocycles. The van der Waals surface area contributed by atoms with Crippen LogP contribution < -0.4 is 5.76 Å². The standard InChI is InChI=1S/C24H29N3O4/c28-21(15-27-19-3-1-2-4-20(19)31-23(27)30)25-5-7-26(8-6-25)22(29)24-12-16-9-17(13-24)11-18(10-16)14-24/h1-4,16-18H,5-15H2. The number of carbonyl (C=O) groups excluding carboxylic acids is 2. The van der Waals surface area contributed by atoms with Crippen molar-refractivity contribution < 1.29 is 14.0 Å². The lowest BCUT2D eigenvalue weighted by atomic mass is 9.49. The maximum absolute atomic E-state index is 13.5. The molecule has 0 N–H and O–H groups in total. The van der Waals surface area contributed by atoms with Crippen LogP contribution in [0.25, 0.3) is 11.1 Å². The van der Waals surface area contributed by atoms with Gasteiger partial charge >= 0.3 is 5.76 Å². The smallest absolute Gasteiger partial charge is 0.408 e. The Labute approximate surface area is 181 Å².